The average Bonchev–Trinajstić information content (AvgIpc) is 3.40. The number of anilines is 1. The van der Waals surface area contributed by atoms with Crippen LogP contribution in [0.25, 0.3) is 11.5 Å². The van der Waals surface area contributed by atoms with E-state index in [2.05, 4.69) is 20.4 Å². The summed E-state index contributed by atoms with van der Waals surface area (Å²) in [6, 6.07) is 8.26. The number of rotatable bonds is 6. The Balaban J connectivity index is 1.32. The Bertz CT molecular complexity index is 970. The number of carbonyl (C=O) groups is 1. The molecule has 0 unspecified atom stereocenters. The zero-order valence-corrected chi connectivity index (χ0v) is 15.4. The highest BCUT2D eigenvalue weighted by Gasteiger charge is 2.29. The maximum absolute atomic E-state index is 13.5. The molecule has 138 valence electrons. The van der Waals surface area contributed by atoms with Gasteiger partial charge in [0, 0.05) is 17.8 Å². The highest BCUT2D eigenvalue weighted by Crippen LogP contribution is 2.38. The molecule has 27 heavy (non-hydrogen) atoms. The first kappa shape index (κ1) is 17.7. The molecule has 0 saturated heterocycles. The van der Waals surface area contributed by atoms with E-state index in [9.17, 15) is 9.18 Å². The quantitative estimate of drug-likeness (QED) is 0.642. The van der Waals surface area contributed by atoms with E-state index < -0.39 is 0 Å². The molecule has 1 aliphatic rings. The van der Waals surface area contributed by atoms with Crippen LogP contribution in [0.2, 0.25) is 0 Å². The van der Waals surface area contributed by atoms with Crippen molar-refractivity contribution in [3.05, 3.63) is 53.7 Å². The molecule has 1 aromatic carbocycles. The average molecular weight is 384 g/mol. The SMILES string of the molecule is Cc1ccc(NC(=O)CSc2ccc(-c3nc(C4CC4)no3)cn2)cc1F. The first-order chi connectivity index (χ1) is 13.1. The van der Waals surface area contributed by atoms with Gasteiger partial charge in [-0.1, -0.05) is 23.0 Å². The number of hydrogen-bond donors (Lipinski definition) is 1. The van der Waals surface area contributed by atoms with Crippen molar-refractivity contribution in [3.63, 3.8) is 0 Å². The Morgan fingerprint density at radius 3 is 2.89 bits per heavy atom. The van der Waals surface area contributed by atoms with Crippen molar-refractivity contribution in [1.29, 1.82) is 0 Å². The summed E-state index contributed by atoms with van der Waals surface area (Å²) >= 11 is 1.30. The first-order valence-corrected chi connectivity index (χ1v) is 9.56. The van der Waals surface area contributed by atoms with Gasteiger partial charge in [-0.25, -0.2) is 9.37 Å². The van der Waals surface area contributed by atoms with E-state index in [1.807, 2.05) is 6.07 Å². The number of pyridine rings is 1. The largest absolute Gasteiger partial charge is 0.334 e. The second kappa shape index (κ2) is 7.48. The lowest BCUT2D eigenvalue weighted by Crippen LogP contribution is -2.14. The molecule has 6 nitrogen and oxygen atoms in total. The van der Waals surface area contributed by atoms with Crippen LogP contribution < -0.4 is 5.32 Å². The molecular weight excluding hydrogens is 367 g/mol. The van der Waals surface area contributed by atoms with Crippen molar-refractivity contribution in [2.24, 2.45) is 0 Å². The second-order valence-electron chi connectivity index (χ2n) is 6.42. The van der Waals surface area contributed by atoms with Crippen molar-refractivity contribution in [2.75, 3.05) is 11.1 Å². The van der Waals surface area contributed by atoms with Gasteiger partial charge in [-0.05, 0) is 49.6 Å². The summed E-state index contributed by atoms with van der Waals surface area (Å²) in [6.07, 6.45) is 3.88. The summed E-state index contributed by atoms with van der Waals surface area (Å²) in [5.41, 5.74) is 1.73. The third-order valence-corrected chi connectivity index (χ3v) is 5.12. The molecule has 2 aromatic heterocycles. The zero-order chi connectivity index (χ0) is 18.8. The number of aryl methyl sites for hydroxylation is 1. The third kappa shape index (κ3) is 4.33. The Labute approximate surface area is 159 Å². The van der Waals surface area contributed by atoms with Gasteiger partial charge in [0.15, 0.2) is 5.82 Å². The van der Waals surface area contributed by atoms with Crippen LogP contribution in [0.1, 0.15) is 30.1 Å². The molecule has 1 aliphatic carbocycles. The minimum Gasteiger partial charge on any atom is -0.334 e. The van der Waals surface area contributed by atoms with Crippen molar-refractivity contribution in [1.82, 2.24) is 15.1 Å². The summed E-state index contributed by atoms with van der Waals surface area (Å²) in [6.45, 7) is 1.67. The van der Waals surface area contributed by atoms with Gasteiger partial charge in [0.2, 0.25) is 5.91 Å². The fourth-order valence-corrected chi connectivity index (χ4v) is 3.10. The van der Waals surface area contributed by atoms with E-state index in [0.717, 1.165) is 24.2 Å². The molecule has 0 atom stereocenters. The normalized spacial score (nSPS) is 13.6. The maximum atomic E-state index is 13.5. The van der Waals surface area contributed by atoms with E-state index in [0.29, 0.717) is 28.1 Å². The molecule has 4 rings (SSSR count). The minimum atomic E-state index is -0.344. The van der Waals surface area contributed by atoms with Gasteiger partial charge in [-0.15, -0.1) is 0 Å². The number of nitrogens with zero attached hydrogens (tertiary/aromatic N) is 3. The smallest absolute Gasteiger partial charge is 0.259 e. The Morgan fingerprint density at radius 2 is 2.19 bits per heavy atom. The van der Waals surface area contributed by atoms with Crippen LogP contribution in [0.3, 0.4) is 0 Å². The number of thioether (sulfide) groups is 1. The maximum Gasteiger partial charge on any atom is 0.259 e. The highest BCUT2D eigenvalue weighted by atomic mass is 32.2. The van der Waals surface area contributed by atoms with E-state index >= 15 is 0 Å². The standard InChI is InChI=1S/C19H17FN4O2S/c1-11-2-6-14(8-15(11)20)22-16(25)10-27-17-7-5-13(9-21-17)19-23-18(24-26-19)12-3-4-12/h2,5-9,12H,3-4,10H2,1H3,(H,22,25). The number of aromatic nitrogens is 3. The molecule has 1 amide bonds. The number of halogens is 1. The fraction of sp³-hybridized carbons (Fsp3) is 0.263. The second-order valence-corrected chi connectivity index (χ2v) is 7.41. The predicted molar refractivity (Wildman–Crippen MR) is 100.0 cm³/mol. The molecule has 0 aliphatic heterocycles. The van der Waals surface area contributed by atoms with Crippen LogP contribution in [0, 0.1) is 12.7 Å². The molecule has 0 bridgehead atoms. The Hall–Kier alpha value is -2.74. The molecule has 0 radical (unpaired) electrons. The number of nitrogens with one attached hydrogen (secondary N) is 1. The number of carbonyl (C=O) groups excluding carboxylic acids is 1. The van der Waals surface area contributed by atoms with Gasteiger partial charge in [0.1, 0.15) is 5.82 Å². The first-order valence-electron chi connectivity index (χ1n) is 8.57. The van der Waals surface area contributed by atoms with Crippen LogP contribution in [-0.2, 0) is 4.79 Å². The Morgan fingerprint density at radius 1 is 1.33 bits per heavy atom. The van der Waals surface area contributed by atoms with E-state index in [1.54, 1.807) is 31.3 Å². The van der Waals surface area contributed by atoms with Crippen molar-refractivity contribution in [3.8, 4) is 11.5 Å². The summed E-state index contributed by atoms with van der Waals surface area (Å²) in [5, 5.41) is 7.37. The van der Waals surface area contributed by atoms with Gasteiger partial charge in [0.05, 0.1) is 16.3 Å². The molecule has 3 aromatic rings. The lowest BCUT2D eigenvalue weighted by Gasteiger charge is -2.06. The molecule has 0 spiro atoms. The molecule has 1 fully saturated rings. The number of benzene rings is 1. The lowest BCUT2D eigenvalue weighted by atomic mass is 10.2. The highest BCUT2D eigenvalue weighted by molar-refractivity contribution is 7.99. The summed E-state index contributed by atoms with van der Waals surface area (Å²) in [5.74, 6) is 1.26. The molecular formula is C19H17FN4O2S. The van der Waals surface area contributed by atoms with Crippen LogP contribution in [0.15, 0.2) is 46.1 Å². The van der Waals surface area contributed by atoms with Crippen molar-refractivity contribution >= 4 is 23.4 Å². The van der Waals surface area contributed by atoms with E-state index in [-0.39, 0.29) is 17.5 Å². The van der Waals surface area contributed by atoms with E-state index in [4.69, 9.17) is 4.52 Å². The van der Waals surface area contributed by atoms with E-state index in [1.165, 1.54) is 17.8 Å². The predicted octanol–water partition coefficient (Wildman–Crippen LogP) is 4.19. The topological polar surface area (TPSA) is 80.9 Å². The van der Waals surface area contributed by atoms with Gasteiger partial charge >= 0.3 is 0 Å². The van der Waals surface area contributed by atoms with Gasteiger partial charge in [-0.2, -0.15) is 4.98 Å². The van der Waals surface area contributed by atoms with Gasteiger partial charge in [0.25, 0.3) is 5.89 Å². The van der Waals surface area contributed by atoms with Crippen LogP contribution in [-0.4, -0.2) is 26.8 Å². The molecule has 2 heterocycles. The van der Waals surface area contributed by atoms with Gasteiger partial charge in [-0.3, -0.25) is 4.79 Å². The van der Waals surface area contributed by atoms with Crippen LogP contribution in [0.5, 0.6) is 0 Å². The van der Waals surface area contributed by atoms with Crippen LogP contribution in [0.4, 0.5) is 10.1 Å². The van der Waals surface area contributed by atoms with Crippen molar-refractivity contribution in [2.45, 2.75) is 30.7 Å². The van der Waals surface area contributed by atoms with Crippen molar-refractivity contribution < 1.29 is 13.7 Å². The molecule has 1 N–H and O–H groups in total. The Kier molecular flexibility index (Phi) is 4.89. The summed E-state index contributed by atoms with van der Waals surface area (Å²) in [7, 11) is 0. The molecule has 1 saturated carbocycles. The van der Waals surface area contributed by atoms with Gasteiger partial charge < -0.3 is 9.84 Å². The fourth-order valence-electron chi connectivity index (χ4n) is 2.46. The summed E-state index contributed by atoms with van der Waals surface area (Å²) in [4.78, 5) is 20.7. The lowest BCUT2D eigenvalue weighted by molar-refractivity contribution is -0.113. The zero-order valence-electron chi connectivity index (χ0n) is 14.6. The number of amides is 1. The third-order valence-electron chi connectivity index (χ3n) is 4.17. The molecule has 8 heteroatoms. The minimum absolute atomic E-state index is 0.175. The van der Waals surface area contributed by atoms with Crippen LogP contribution >= 0.6 is 11.8 Å². The number of hydrogen-bond acceptors (Lipinski definition) is 6. The monoisotopic (exact) mass is 384 g/mol. The summed E-state index contributed by atoms with van der Waals surface area (Å²) < 4.78 is 18.8.